The standard InChI is InChI=1S/C10H11BrO3/c1-14-9-6-8(11)4-2-7(9)3-5-10(12)13/h2,4,6H,3,5H2,1H3,(H,12,13). The van der Waals surface area contributed by atoms with Crippen molar-refractivity contribution in [3.8, 4) is 5.75 Å². The van der Waals surface area contributed by atoms with Crippen molar-refractivity contribution >= 4 is 21.9 Å². The fraction of sp³-hybridized carbons (Fsp3) is 0.300. The van der Waals surface area contributed by atoms with E-state index in [4.69, 9.17) is 9.84 Å². The summed E-state index contributed by atoms with van der Waals surface area (Å²) in [5.74, 6) is -0.0735. The summed E-state index contributed by atoms with van der Waals surface area (Å²) in [4.78, 5) is 10.4. The minimum Gasteiger partial charge on any atom is -0.496 e. The predicted molar refractivity (Wildman–Crippen MR) is 56.7 cm³/mol. The molecule has 0 aliphatic heterocycles. The molecule has 0 bridgehead atoms. The maximum Gasteiger partial charge on any atom is 0.303 e. The van der Waals surface area contributed by atoms with E-state index in [-0.39, 0.29) is 6.42 Å². The van der Waals surface area contributed by atoms with Crippen molar-refractivity contribution in [1.29, 1.82) is 0 Å². The Kier molecular flexibility index (Phi) is 3.95. The first-order chi connectivity index (χ1) is 6.63. The normalized spacial score (nSPS) is 9.86. The minimum absolute atomic E-state index is 0.123. The third-order valence-corrected chi connectivity index (χ3v) is 2.35. The van der Waals surface area contributed by atoms with Crippen LogP contribution in [-0.2, 0) is 11.2 Å². The van der Waals surface area contributed by atoms with E-state index in [1.54, 1.807) is 7.11 Å². The van der Waals surface area contributed by atoms with Crippen molar-refractivity contribution < 1.29 is 14.6 Å². The minimum atomic E-state index is -0.796. The second kappa shape index (κ2) is 5.00. The number of carbonyl (C=O) groups is 1. The predicted octanol–water partition coefficient (Wildman–Crippen LogP) is 2.47. The van der Waals surface area contributed by atoms with Crippen molar-refractivity contribution in [3.05, 3.63) is 28.2 Å². The van der Waals surface area contributed by atoms with E-state index in [0.717, 1.165) is 15.8 Å². The Bertz CT molecular complexity index is 336. The zero-order valence-electron chi connectivity index (χ0n) is 7.79. The molecule has 0 saturated heterocycles. The van der Waals surface area contributed by atoms with Gasteiger partial charge >= 0.3 is 5.97 Å². The van der Waals surface area contributed by atoms with Crippen molar-refractivity contribution in [2.24, 2.45) is 0 Å². The van der Waals surface area contributed by atoms with Crippen LogP contribution in [0.3, 0.4) is 0 Å². The lowest BCUT2D eigenvalue weighted by Gasteiger charge is -2.07. The molecule has 14 heavy (non-hydrogen) atoms. The van der Waals surface area contributed by atoms with Crippen LogP contribution in [0.25, 0.3) is 0 Å². The quantitative estimate of drug-likeness (QED) is 0.903. The lowest BCUT2D eigenvalue weighted by atomic mass is 10.1. The lowest BCUT2D eigenvalue weighted by molar-refractivity contribution is -0.136. The summed E-state index contributed by atoms with van der Waals surface area (Å²) in [5.41, 5.74) is 0.915. The van der Waals surface area contributed by atoms with Gasteiger partial charge in [-0.15, -0.1) is 0 Å². The molecular weight excluding hydrogens is 248 g/mol. The largest absolute Gasteiger partial charge is 0.496 e. The highest BCUT2D eigenvalue weighted by Gasteiger charge is 2.05. The number of aryl methyl sites for hydroxylation is 1. The molecule has 0 unspecified atom stereocenters. The monoisotopic (exact) mass is 258 g/mol. The Morgan fingerprint density at radius 1 is 1.57 bits per heavy atom. The number of carboxylic acids is 1. The Labute approximate surface area is 90.8 Å². The van der Waals surface area contributed by atoms with Crippen LogP contribution >= 0.6 is 15.9 Å². The molecule has 0 saturated carbocycles. The third kappa shape index (κ3) is 3.03. The Hall–Kier alpha value is -1.03. The highest BCUT2D eigenvalue weighted by molar-refractivity contribution is 9.10. The second-order valence-corrected chi connectivity index (χ2v) is 3.77. The van der Waals surface area contributed by atoms with Gasteiger partial charge in [-0.1, -0.05) is 22.0 Å². The van der Waals surface area contributed by atoms with E-state index in [1.807, 2.05) is 18.2 Å². The number of benzene rings is 1. The molecule has 1 aromatic carbocycles. The average molecular weight is 259 g/mol. The van der Waals surface area contributed by atoms with Crippen LogP contribution < -0.4 is 4.74 Å². The first kappa shape index (κ1) is 11.0. The van der Waals surface area contributed by atoms with E-state index in [9.17, 15) is 4.79 Å². The molecule has 0 atom stereocenters. The van der Waals surface area contributed by atoms with Crippen LogP contribution in [0.2, 0.25) is 0 Å². The van der Waals surface area contributed by atoms with E-state index in [0.29, 0.717) is 6.42 Å². The highest BCUT2D eigenvalue weighted by Crippen LogP contribution is 2.24. The van der Waals surface area contributed by atoms with Gasteiger partial charge in [-0.05, 0) is 24.1 Å². The first-order valence-corrected chi connectivity index (χ1v) is 4.97. The number of halogens is 1. The molecule has 76 valence electrons. The molecule has 0 radical (unpaired) electrons. The van der Waals surface area contributed by atoms with Crippen molar-refractivity contribution in [3.63, 3.8) is 0 Å². The molecule has 0 spiro atoms. The van der Waals surface area contributed by atoms with Crippen LogP contribution in [0.4, 0.5) is 0 Å². The van der Waals surface area contributed by atoms with E-state index in [2.05, 4.69) is 15.9 Å². The molecule has 0 aliphatic carbocycles. The summed E-state index contributed by atoms with van der Waals surface area (Å²) in [6.07, 6.45) is 0.615. The number of rotatable bonds is 4. The van der Waals surface area contributed by atoms with Gasteiger partial charge in [0.15, 0.2) is 0 Å². The Morgan fingerprint density at radius 3 is 2.86 bits per heavy atom. The number of carboxylic acid groups (broad SMARTS) is 1. The maximum atomic E-state index is 10.4. The molecule has 1 N–H and O–H groups in total. The zero-order chi connectivity index (χ0) is 10.6. The average Bonchev–Trinajstić information content (AvgIpc) is 2.15. The smallest absolute Gasteiger partial charge is 0.303 e. The molecule has 0 aromatic heterocycles. The van der Waals surface area contributed by atoms with Crippen LogP contribution in [0.1, 0.15) is 12.0 Å². The number of ether oxygens (including phenoxy) is 1. The summed E-state index contributed by atoms with van der Waals surface area (Å²) >= 11 is 3.32. The van der Waals surface area contributed by atoms with Crippen LogP contribution in [-0.4, -0.2) is 18.2 Å². The Balaban J connectivity index is 2.80. The molecule has 1 rings (SSSR count). The van der Waals surface area contributed by atoms with Crippen molar-refractivity contribution in [1.82, 2.24) is 0 Å². The van der Waals surface area contributed by atoms with Crippen LogP contribution in [0.5, 0.6) is 5.75 Å². The molecular formula is C10H11BrO3. The van der Waals surface area contributed by atoms with Crippen molar-refractivity contribution in [2.75, 3.05) is 7.11 Å². The van der Waals surface area contributed by atoms with Crippen LogP contribution in [0.15, 0.2) is 22.7 Å². The van der Waals surface area contributed by atoms with Gasteiger partial charge < -0.3 is 9.84 Å². The fourth-order valence-electron chi connectivity index (χ4n) is 1.17. The SMILES string of the molecule is COc1cc(Br)ccc1CCC(=O)O. The van der Waals surface area contributed by atoms with Crippen LogP contribution in [0, 0.1) is 0 Å². The van der Waals surface area contributed by atoms with E-state index >= 15 is 0 Å². The molecule has 0 amide bonds. The summed E-state index contributed by atoms with van der Waals surface area (Å²) in [6.45, 7) is 0. The van der Waals surface area contributed by atoms with Gasteiger partial charge in [0.2, 0.25) is 0 Å². The molecule has 0 heterocycles. The fourth-order valence-corrected chi connectivity index (χ4v) is 1.51. The summed E-state index contributed by atoms with van der Waals surface area (Å²) in [5, 5.41) is 8.54. The van der Waals surface area contributed by atoms with Gasteiger partial charge in [0.05, 0.1) is 7.11 Å². The topological polar surface area (TPSA) is 46.5 Å². The Morgan fingerprint density at radius 2 is 2.29 bits per heavy atom. The number of methoxy groups -OCH3 is 1. The van der Waals surface area contributed by atoms with E-state index < -0.39 is 5.97 Å². The lowest BCUT2D eigenvalue weighted by Crippen LogP contribution is -1.99. The number of hydrogen-bond donors (Lipinski definition) is 1. The number of aliphatic carboxylic acids is 1. The molecule has 1 aromatic rings. The van der Waals surface area contributed by atoms with Gasteiger partial charge in [-0.25, -0.2) is 0 Å². The zero-order valence-corrected chi connectivity index (χ0v) is 9.37. The summed E-state index contributed by atoms with van der Waals surface area (Å²) < 4.78 is 6.06. The molecule has 4 heteroatoms. The van der Waals surface area contributed by atoms with Crippen molar-refractivity contribution in [2.45, 2.75) is 12.8 Å². The maximum absolute atomic E-state index is 10.4. The summed E-state index contributed by atoms with van der Waals surface area (Å²) in [6, 6.07) is 5.57. The second-order valence-electron chi connectivity index (χ2n) is 2.85. The van der Waals surface area contributed by atoms with Gasteiger partial charge in [-0.3, -0.25) is 4.79 Å². The van der Waals surface area contributed by atoms with Gasteiger partial charge in [0.1, 0.15) is 5.75 Å². The van der Waals surface area contributed by atoms with Gasteiger partial charge in [0.25, 0.3) is 0 Å². The molecule has 0 fully saturated rings. The number of hydrogen-bond acceptors (Lipinski definition) is 2. The third-order valence-electron chi connectivity index (χ3n) is 1.86. The molecule has 3 nitrogen and oxygen atoms in total. The first-order valence-electron chi connectivity index (χ1n) is 4.17. The molecule has 0 aliphatic rings. The highest BCUT2D eigenvalue weighted by atomic mass is 79.9. The summed E-state index contributed by atoms with van der Waals surface area (Å²) in [7, 11) is 1.58. The van der Waals surface area contributed by atoms with E-state index in [1.165, 1.54) is 0 Å². The van der Waals surface area contributed by atoms with Gasteiger partial charge in [0, 0.05) is 10.9 Å². The van der Waals surface area contributed by atoms with Gasteiger partial charge in [-0.2, -0.15) is 0 Å².